The summed E-state index contributed by atoms with van der Waals surface area (Å²) in [5.74, 6) is -0.00765. The molecule has 0 fully saturated rings. The van der Waals surface area contributed by atoms with E-state index >= 15 is 0 Å². The maximum absolute atomic E-state index is 12.0. The molecule has 0 amide bonds. The summed E-state index contributed by atoms with van der Waals surface area (Å²) < 4.78 is 40.7. The van der Waals surface area contributed by atoms with Gasteiger partial charge >= 0.3 is 6.18 Å². The van der Waals surface area contributed by atoms with E-state index < -0.39 is 12.8 Å². The highest BCUT2D eigenvalue weighted by Crippen LogP contribution is 2.19. The summed E-state index contributed by atoms with van der Waals surface area (Å²) in [5.41, 5.74) is 2.35. The van der Waals surface area contributed by atoms with E-state index in [2.05, 4.69) is 4.74 Å². The van der Waals surface area contributed by atoms with Crippen LogP contribution >= 0.6 is 0 Å². The SMILES string of the molecule is Cc1ccc(C(=O)/C=C/c2ccc(OCC(F)(F)F)cc2)cc1. The molecule has 0 unspecified atom stereocenters. The summed E-state index contributed by atoms with van der Waals surface area (Å²) >= 11 is 0. The van der Waals surface area contributed by atoms with Crippen LogP contribution in [0, 0.1) is 6.92 Å². The number of ketones is 1. The topological polar surface area (TPSA) is 26.3 Å². The van der Waals surface area contributed by atoms with E-state index in [-0.39, 0.29) is 11.5 Å². The van der Waals surface area contributed by atoms with Crippen LogP contribution < -0.4 is 4.74 Å². The van der Waals surface area contributed by atoms with Gasteiger partial charge in [-0.2, -0.15) is 13.2 Å². The minimum absolute atomic E-state index is 0.129. The molecule has 0 spiro atoms. The molecule has 0 atom stereocenters. The standard InChI is InChI=1S/C18H15F3O2/c1-13-2-7-15(8-3-13)17(22)11-6-14-4-9-16(10-5-14)23-12-18(19,20)21/h2-11H,12H2,1H3/b11-6+. The van der Waals surface area contributed by atoms with Crippen LogP contribution in [-0.2, 0) is 0 Å². The van der Waals surface area contributed by atoms with E-state index in [9.17, 15) is 18.0 Å². The lowest BCUT2D eigenvalue weighted by atomic mass is 10.1. The van der Waals surface area contributed by atoms with Crippen LogP contribution in [0.1, 0.15) is 21.5 Å². The maximum atomic E-state index is 12.0. The molecule has 0 heterocycles. The van der Waals surface area contributed by atoms with E-state index in [1.54, 1.807) is 30.3 Å². The molecule has 2 rings (SSSR count). The van der Waals surface area contributed by atoms with Crippen molar-refractivity contribution in [2.45, 2.75) is 13.1 Å². The lowest BCUT2D eigenvalue weighted by Crippen LogP contribution is -2.19. The first kappa shape index (κ1) is 16.8. The number of rotatable bonds is 5. The normalized spacial score (nSPS) is 11.7. The Kier molecular flexibility index (Phi) is 5.21. The zero-order valence-electron chi connectivity index (χ0n) is 12.4. The van der Waals surface area contributed by atoms with Gasteiger partial charge in [0.25, 0.3) is 0 Å². The van der Waals surface area contributed by atoms with Gasteiger partial charge < -0.3 is 4.74 Å². The molecule has 0 radical (unpaired) electrons. The molecule has 23 heavy (non-hydrogen) atoms. The largest absolute Gasteiger partial charge is 0.484 e. The molecule has 2 aromatic carbocycles. The summed E-state index contributed by atoms with van der Waals surface area (Å²) in [6.45, 7) is 0.612. The summed E-state index contributed by atoms with van der Waals surface area (Å²) in [6.07, 6.45) is -1.33. The number of allylic oxidation sites excluding steroid dienone is 1. The number of ether oxygens (including phenoxy) is 1. The van der Waals surface area contributed by atoms with Crippen LogP contribution in [0.2, 0.25) is 0 Å². The van der Waals surface area contributed by atoms with Crippen molar-refractivity contribution in [2.75, 3.05) is 6.61 Å². The average molecular weight is 320 g/mol. The maximum Gasteiger partial charge on any atom is 0.422 e. The number of halogens is 3. The molecule has 0 saturated heterocycles. The van der Waals surface area contributed by atoms with Crippen molar-refractivity contribution < 1.29 is 22.7 Å². The monoisotopic (exact) mass is 320 g/mol. The molecule has 0 saturated carbocycles. The summed E-state index contributed by atoms with van der Waals surface area (Å²) in [5, 5.41) is 0. The summed E-state index contributed by atoms with van der Waals surface area (Å²) in [7, 11) is 0. The smallest absolute Gasteiger partial charge is 0.422 e. The van der Waals surface area contributed by atoms with Crippen molar-refractivity contribution in [1.82, 2.24) is 0 Å². The Labute approximate surface area is 132 Å². The Bertz CT molecular complexity index is 684. The molecule has 2 aromatic rings. The van der Waals surface area contributed by atoms with Crippen molar-refractivity contribution in [1.29, 1.82) is 0 Å². The summed E-state index contributed by atoms with van der Waals surface area (Å²) in [6, 6.07) is 13.2. The van der Waals surface area contributed by atoms with Crippen LogP contribution in [-0.4, -0.2) is 18.6 Å². The number of hydrogen-bond acceptors (Lipinski definition) is 2. The Balaban J connectivity index is 1.97. The lowest BCUT2D eigenvalue weighted by molar-refractivity contribution is -0.153. The number of alkyl halides is 3. The van der Waals surface area contributed by atoms with E-state index in [1.807, 2.05) is 19.1 Å². The number of aryl methyl sites for hydroxylation is 1. The van der Waals surface area contributed by atoms with Crippen molar-refractivity contribution >= 4 is 11.9 Å². The van der Waals surface area contributed by atoms with Gasteiger partial charge in [-0.05, 0) is 30.7 Å². The van der Waals surface area contributed by atoms with Crippen LogP contribution in [0.25, 0.3) is 6.08 Å². The second-order valence-electron chi connectivity index (χ2n) is 5.04. The highest BCUT2D eigenvalue weighted by Gasteiger charge is 2.28. The molecule has 0 aliphatic carbocycles. The molecule has 0 N–H and O–H groups in total. The second-order valence-corrected chi connectivity index (χ2v) is 5.04. The Morgan fingerprint density at radius 3 is 2.22 bits per heavy atom. The third-order valence-electron chi connectivity index (χ3n) is 3.05. The van der Waals surface area contributed by atoms with Gasteiger partial charge in [0.05, 0.1) is 0 Å². The van der Waals surface area contributed by atoms with Gasteiger partial charge in [-0.25, -0.2) is 0 Å². The fourth-order valence-electron chi connectivity index (χ4n) is 1.83. The second kappa shape index (κ2) is 7.13. The van der Waals surface area contributed by atoms with Gasteiger partial charge in [-0.15, -0.1) is 0 Å². The molecular formula is C18H15F3O2. The first-order valence-electron chi connectivity index (χ1n) is 6.92. The Morgan fingerprint density at radius 1 is 1.04 bits per heavy atom. The zero-order valence-corrected chi connectivity index (χ0v) is 12.4. The highest BCUT2D eigenvalue weighted by molar-refractivity contribution is 6.06. The van der Waals surface area contributed by atoms with Crippen LogP contribution in [0.3, 0.4) is 0 Å². The Hall–Kier alpha value is -2.56. The van der Waals surface area contributed by atoms with Crippen molar-refractivity contribution in [3.8, 4) is 5.75 Å². The molecule has 0 aliphatic rings. The van der Waals surface area contributed by atoms with Gasteiger partial charge in [0, 0.05) is 5.56 Å². The van der Waals surface area contributed by atoms with E-state index in [0.29, 0.717) is 11.1 Å². The van der Waals surface area contributed by atoms with Crippen molar-refractivity contribution in [2.24, 2.45) is 0 Å². The molecule has 0 bridgehead atoms. The van der Waals surface area contributed by atoms with E-state index in [0.717, 1.165) is 5.56 Å². The molecule has 0 aliphatic heterocycles. The predicted molar refractivity (Wildman–Crippen MR) is 82.5 cm³/mol. The number of benzene rings is 2. The number of hydrogen-bond donors (Lipinski definition) is 0. The van der Waals surface area contributed by atoms with E-state index in [4.69, 9.17) is 0 Å². The molecule has 5 heteroatoms. The first-order valence-corrected chi connectivity index (χ1v) is 6.92. The quantitative estimate of drug-likeness (QED) is 0.582. The van der Waals surface area contributed by atoms with Crippen molar-refractivity contribution in [3.05, 3.63) is 71.3 Å². The van der Waals surface area contributed by atoms with Crippen LogP contribution in [0.15, 0.2) is 54.6 Å². The average Bonchev–Trinajstić information content (AvgIpc) is 2.51. The zero-order chi connectivity index (χ0) is 16.9. The molecular weight excluding hydrogens is 305 g/mol. The predicted octanol–water partition coefficient (Wildman–Crippen LogP) is 4.83. The van der Waals surface area contributed by atoms with Crippen molar-refractivity contribution in [3.63, 3.8) is 0 Å². The van der Waals surface area contributed by atoms with Crippen LogP contribution in [0.5, 0.6) is 5.75 Å². The fraction of sp³-hybridized carbons (Fsp3) is 0.167. The molecule has 2 nitrogen and oxygen atoms in total. The summed E-state index contributed by atoms with van der Waals surface area (Å²) in [4.78, 5) is 12.0. The van der Waals surface area contributed by atoms with E-state index in [1.165, 1.54) is 18.2 Å². The first-order chi connectivity index (χ1) is 10.8. The van der Waals surface area contributed by atoms with Crippen LogP contribution in [0.4, 0.5) is 13.2 Å². The fourth-order valence-corrected chi connectivity index (χ4v) is 1.83. The molecule has 0 aromatic heterocycles. The van der Waals surface area contributed by atoms with Gasteiger partial charge in [-0.1, -0.05) is 48.0 Å². The third kappa shape index (κ3) is 5.62. The van der Waals surface area contributed by atoms with Gasteiger partial charge in [-0.3, -0.25) is 4.79 Å². The van der Waals surface area contributed by atoms with Gasteiger partial charge in [0.1, 0.15) is 5.75 Å². The minimum Gasteiger partial charge on any atom is -0.484 e. The highest BCUT2D eigenvalue weighted by atomic mass is 19.4. The lowest BCUT2D eigenvalue weighted by Gasteiger charge is -2.08. The molecule has 120 valence electrons. The minimum atomic E-state index is -4.36. The number of carbonyl (C=O) groups is 1. The third-order valence-corrected chi connectivity index (χ3v) is 3.05. The van der Waals surface area contributed by atoms with Gasteiger partial charge in [0.15, 0.2) is 12.4 Å². The Morgan fingerprint density at radius 2 is 1.65 bits per heavy atom. The number of carbonyl (C=O) groups excluding carboxylic acids is 1. The van der Waals surface area contributed by atoms with Gasteiger partial charge in [0.2, 0.25) is 0 Å².